The van der Waals surface area contributed by atoms with E-state index in [0.717, 1.165) is 31.4 Å². The van der Waals surface area contributed by atoms with E-state index in [1.54, 1.807) is 12.1 Å². The normalized spacial score (nSPS) is 10.7. The molecule has 0 spiro atoms. The molecular weight excluding hydrogens is 472 g/mol. The molecule has 0 atom stereocenters. The summed E-state index contributed by atoms with van der Waals surface area (Å²) in [4.78, 5) is 20.2. The zero-order valence-electron chi connectivity index (χ0n) is 14.0. The average Bonchev–Trinajstić information content (AvgIpc) is 3.07. The fraction of sp³-hybridized carbons (Fsp3) is 0. The minimum absolute atomic E-state index is 0.172. The molecule has 5 nitrogen and oxygen atoms in total. The Bertz CT molecular complexity index is 1120. The van der Waals surface area contributed by atoms with Gasteiger partial charge in [0.25, 0.3) is 5.91 Å². The fourth-order valence-corrected chi connectivity index (χ4v) is 3.28. The Morgan fingerprint density at radius 1 is 0.963 bits per heavy atom. The number of fused-ring (bicyclic) bond motifs is 1. The third-order valence-corrected chi connectivity index (χ3v) is 5.19. The summed E-state index contributed by atoms with van der Waals surface area (Å²) in [5.41, 5.74) is 3.77. The monoisotopic (exact) mass is 484 g/mol. The highest BCUT2D eigenvalue weighted by Crippen LogP contribution is 2.25. The molecule has 0 bridgehead atoms. The van der Waals surface area contributed by atoms with E-state index in [1.165, 1.54) is 0 Å². The number of hydrogen-bond acceptors (Lipinski definition) is 3. The first-order chi connectivity index (χ1) is 13.1. The molecule has 1 aromatic heterocycles. The highest BCUT2D eigenvalue weighted by Gasteiger charge is 2.10. The molecule has 4 rings (SSSR count). The Morgan fingerprint density at radius 3 is 2.52 bits per heavy atom. The largest absolute Gasteiger partial charge is 0.325 e. The van der Waals surface area contributed by atoms with Gasteiger partial charge in [-0.05, 0) is 70.5 Å². The van der Waals surface area contributed by atoms with Crippen molar-refractivity contribution in [3.05, 3.63) is 81.2 Å². The number of carbonyl (C=O) groups excluding carboxylic acids is 1. The topological polar surface area (TPSA) is 69.8 Å². The number of hydrogen-bond donors (Lipinski definition) is 3. The van der Waals surface area contributed by atoms with Crippen molar-refractivity contribution in [2.24, 2.45) is 0 Å². The number of anilines is 3. The zero-order chi connectivity index (χ0) is 18.8. The summed E-state index contributed by atoms with van der Waals surface area (Å²) < 4.78 is 1.91. The predicted octanol–water partition coefficient (Wildman–Crippen LogP) is 6.08. The second-order valence-electron chi connectivity index (χ2n) is 5.88. The molecule has 0 aliphatic heterocycles. The minimum Gasteiger partial charge on any atom is -0.325 e. The Kier molecular flexibility index (Phi) is 4.96. The van der Waals surface area contributed by atoms with Crippen LogP contribution in [0.1, 0.15) is 10.4 Å². The van der Waals surface area contributed by atoms with E-state index in [-0.39, 0.29) is 5.91 Å². The highest BCUT2D eigenvalue weighted by atomic mass is 79.9. The smallest absolute Gasteiger partial charge is 0.255 e. The number of nitrogens with zero attached hydrogens (tertiary/aromatic N) is 1. The number of imidazole rings is 1. The quantitative estimate of drug-likeness (QED) is 0.328. The second kappa shape index (κ2) is 7.54. The molecule has 0 aliphatic carbocycles. The summed E-state index contributed by atoms with van der Waals surface area (Å²) in [7, 11) is 0. The van der Waals surface area contributed by atoms with Crippen LogP contribution in [0.2, 0.25) is 0 Å². The zero-order valence-corrected chi connectivity index (χ0v) is 17.1. The first kappa shape index (κ1) is 17.8. The van der Waals surface area contributed by atoms with E-state index in [2.05, 4.69) is 52.5 Å². The van der Waals surface area contributed by atoms with Gasteiger partial charge in [-0.25, -0.2) is 4.98 Å². The number of para-hydroxylation sites is 1. The first-order valence-electron chi connectivity index (χ1n) is 8.17. The maximum absolute atomic E-state index is 12.5. The fourth-order valence-electron chi connectivity index (χ4n) is 2.64. The number of H-pyrrole nitrogens is 1. The third kappa shape index (κ3) is 4.04. The molecule has 3 aromatic carbocycles. The highest BCUT2D eigenvalue weighted by molar-refractivity contribution is 9.10. The number of rotatable bonds is 4. The Labute approximate surface area is 172 Å². The van der Waals surface area contributed by atoms with Crippen LogP contribution in [-0.4, -0.2) is 15.9 Å². The number of amides is 1. The lowest BCUT2D eigenvalue weighted by atomic mass is 10.2. The number of benzene rings is 3. The predicted molar refractivity (Wildman–Crippen MR) is 116 cm³/mol. The van der Waals surface area contributed by atoms with Crippen LogP contribution >= 0.6 is 31.9 Å². The maximum atomic E-state index is 12.5. The van der Waals surface area contributed by atoms with Gasteiger partial charge in [0, 0.05) is 20.2 Å². The van der Waals surface area contributed by atoms with E-state index < -0.39 is 0 Å². The number of aromatic nitrogens is 2. The van der Waals surface area contributed by atoms with E-state index in [9.17, 15) is 4.79 Å². The van der Waals surface area contributed by atoms with E-state index in [1.807, 2.05) is 54.6 Å². The summed E-state index contributed by atoms with van der Waals surface area (Å²) in [5.74, 6) is 0.441. The molecule has 0 saturated carbocycles. The van der Waals surface area contributed by atoms with Gasteiger partial charge in [-0.15, -0.1) is 0 Å². The molecule has 0 aliphatic rings. The summed E-state index contributed by atoms with van der Waals surface area (Å²) in [6.45, 7) is 0. The van der Waals surface area contributed by atoms with Crippen molar-refractivity contribution < 1.29 is 4.79 Å². The molecule has 0 unspecified atom stereocenters. The summed E-state index contributed by atoms with van der Waals surface area (Å²) in [5, 5.41) is 6.13. The number of nitrogens with one attached hydrogen (secondary N) is 3. The van der Waals surface area contributed by atoms with E-state index in [0.29, 0.717) is 11.5 Å². The van der Waals surface area contributed by atoms with Crippen LogP contribution in [0.5, 0.6) is 0 Å². The van der Waals surface area contributed by atoms with Crippen molar-refractivity contribution in [1.82, 2.24) is 9.97 Å². The van der Waals surface area contributed by atoms with Gasteiger partial charge in [0.2, 0.25) is 5.95 Å². The van der Waals surface area contributed by atoms with Gasteiger partial charge in [0.15, 0.2) is 0 Å². The minimum atomic E-state index is -0.172. The molecule has 1 heterocycles. The second-order valence-corrected chi connectivity index (χ2v) is 7.65. The van der Waals surface area contributed by atoms with Gasteiger partial charge < -0.3 is 15.6 Å². The first-order valence-corrected chi connectivity index (χ1v) is 9.75. The average molecular weight is 486 g/mol. The molecule has 134 valence electrons. The summed E-state index contributed by atoms with van der Waals surface area (Å²) in [6, 6.07) is 20.6. The van der Waals surface area contributed by atoms with Gasteiger partial charge in [-0.1, -0.05) is 28.1 Å². The molecule has 0 radical (unpaired) electrons. The lowest BCUT2D eigenvalue weighted by Gasteiger charge is -2.05. The van der Waals surface area contributed by atoms with Crippen LogP contribution in [0.4, 0.5) is 17.3 Å². The number of halogens is 2. The Morgan fingerprint density at radius 2 is 1.74 bits per heavy atom. The van der Waals surface area contributed by atoms with Gasteiger partial charge in [0.05, 0.1) is 16.7 Å². The van der Waals surface area contributed by atoms with Crippen LogP contribution in [-0.2, 0) is 0 Å². The van der Waals surface area contributed by atoms with Crippen LogP contribution in [0.3, 0.4) is 0 Å². The van der Waals surface area contributed by atoms with Gasteiger partial charge in [0.1, 0.15) is 0 Å². The number of carbonyl (C=O) groups is 1. The maximum Gasteiger partial charge on any atom is 0.255 e. The van der Waals surface area contributed by atoms with Gasteiger partial charge in [-0.3, -0.25) is 4.79 Å². The van der Waals surface area contributed by atoms with E-state index in [4.69, 9.17) is 0 Å². The van der Waals surface area contributed by atoms with Gasteiger partial charge in [-0.2, -0.15) is 0 Å². The lowest BCUT2D eigenvalue weighted by molar-refractivity contribution is 0.102. The Balaban J connectivity index is 1.56. The third-order valence-electron chi connectivity index (χ3n) is 3.97. The van der Waals surface area contributed by atoms with Crippen LogP contribution in [0, 0.1) is 0 Å². The van der Waals surface area contributed by atoms with Crippen LogP contribution < -0.4 is 10.6 Å². The van der Waals surface area contributed by atoms with Crippen molar-refractivity contribution in [1.29, 1.82) is 0 Å². The van der Waals surface area contributed by atoms with Gasteiger partial charge >= 0.3 is 0 Å². The Hall–Kier alpha value is -2.64. The number of aromatic amines is 1. The van der Waals surface area contributed by atoms with Crippen molar-refractivity contribution >= 4 is 66.1 Å². The van der Waals surface area contributed by atoms with Crippen molar-refractivity contribution in [3.63, 3.8) is 0 Å². The standard InChI is InChI=1S/C20H14Br2N4O/c21-13-6-8-14(9-7-13)23-19(27)12-5-10-17-18(11-12)26-20(25-17)24-16-4-2-1-3-15(16)22/h1-11H,(H,23,27)(H2,24,25,26). The summed E-state index contributed by atoms with van der Waals surface area (Å²) >= 11 is 6.89. The van der Waals surface area contributed by atoms with Crippen molar-refractivity contribution in [3.8, 4) is 0 Å². The van der Waals surface area contributed by atoms with Crippen LogP contribution in [0.15, 0.2) is 75.7 Å². The molecule has 7 heteroatoms. The SMILES string of the molecule is O=C(Nc1ccc(Br)cc1)c1ccc2nc(Nc3ccccc3Br)[nH]c2c1. The van der Waals surface area contributed by atoms with Crippen molar-refractivity contribution in [2.45, 2.75) is 0 Å². The molecule has 3 N–H and O–H groups in total. The molecule has 1 amide bonds. The molecule has 4 aromatic rings. The molecule has 27 heavy (non-hydrogen) atoms. The lowest BCUT2D eigenvalue weighted by Crippen LogP contribution is -2.11. The molecule has 0 fully saturated rings. The van der Waals surface area contributed by atoms with Crippen molar-refractivity contribution in [2.75, 3.05) is 10.6 Å². The molecule has 0 saturated heterocycles. The van der Waals surface area contributed by atoms with E-state index >= 15 is 0 Å². The summed E-state index contributed by atoms with van der Waals surface area (Å²) in [6.07, 6.45) is 0. The van der Waals surface area contributed by atoms with Crippen LogP contribution in [0.25, 0.3) is 11.0 Å². The molecular formula is C20H14Br2N4O.